The number of amides is 3. The van der Waals surface area contributed by atoms with E-state index in [-0.39, 0.29) is 41.8 Å². The zero-order valence-corrected chi connectivity index (χ0v) is 27.0. The van der Waals surface area contributed by atoms with Crippen LogP contribution >= 0.6 is 18.9 Å². The number of aryl methyl sites for hydroxylation is 1. The van der Waals surface area contributed by atoms with E-state index in [1.54, 1.807) is 35.4 Å². The number of likely N-dealkylation sites (tertiary alicyclic amines) is 1. The van der Waals surface area contributed by atoms with Gasteiger partial charge in [0, 0.05) is 42.1 Å². The molecule has 3 saturated heterocycles. The molecule has 45 heavy (non-hydrogen) atoms. The molecule has 12 heteroatoms. The van der Waals surface area contributed by atoms with Crippen LogP contribution in [0.15, 0.2) is 55.4 Å². The zero-order valence-electron chi connectivity index (χ0n) is 25.3. The fourth-order valence-corrected chi connectivity index (χ4v) is 8.77. The molecule has 0 saturated carbocycles. The van der Waals surface area contributed by atoms with E-state index in [0.29, 0.717) is 48.2 Å². The van der Waals surface area contributed by atoms with Gasteiger partial charge in [-0.3, -0.25) is 23.9 Å². The van der Waals surface area contributed by atoms with E-state index >= 15 is 0 Å². The number of nitrogens with zero attached hydrogens (tertiary/aromatic N) is 3. The number of benzene rings is 1. The van der Waals surface area contributed by atoms with Gasteiger partial charge in [0.1, 0.15) is 12.1 Å². The number of hydrogen-bond acceptors (Lipinski definition) is 6. The largest absolute Gasteiger partial charge is 0.340 e. The van der Waals surface area contributed by atoms with Crippen molar-refractivity contribution in [3.8, 4) is 0 Å². The van der Waals surface area contributed by atoms with E-state index in [1.807, 2.05) is 23.2 Å². The number of hydrogen-bond donors (Lipinski definition) is 3. The number of carbonyl (C=O) groups excluding carboxylic acids is 3. The molecule has 0 bridgehead atoms. The molecule has 0 aliphatic carbocycles. The lowest BCUT2D eigenvalue weighted by molar-refractivity contribution is -0.150. The Labute approximate surface area is 266 Å². The van der Waals surface area contributed by atoms with Crippen LogP contribution in [0.4, 0.5) is 0 Å². The maximum absolute atomic E-state index is 14.1. The number of aromatic nitrogens is 1. The van der Waals surface area contributed by atoms with Gasteiger partial charge in [-0.1, -0.05) is 19.1 Å². The predicted octanol–water partition coefficient (Wildman–Crippen LogP) is 4.61. The fourth-order valence-electron chi connectivity index (χ4n) is 7.15. The molecule has 3 aliphatic rings. The van der Waals surface area contributed by atoms with Crippen LogP contribution in [0, 0.1) is 5.92 Å². The van der Waals surface area contributed by atoms with Crippen LogP contribution in [0.25, 0.3) is 10.1 Å². The Morgan fingerprint density at radius 1 is 1.16 bits per heavy atom. The minimum atomic E-state index is -4.23. The quantitative estimate of drug-likeness (QED) is 0.239. The van der Waals surface area contributed by atoms with Gasteiger partial charge >= 0.3 is 7.60 Å². The van der Waals surface area contributed by atoms with E-state index < -0.39 is 19.7 Å². The first-order chi connectivity index (χ1) is 21.5. The Morgan fingerprint density at radius 2 is 1.96 bits per heavy atom. The summed E-state index contributed by atoms with van der Waals surface area (Å²) in [6.07, 6.45) is 9.39. The molecule has 238 valence electrons. The predicted molar refractivity (Wildman–Crippen MR) is 173 cm³/mol. The normalized spacial score (nSPS) is 24.1. The van der Waals surface area contributed by atoms with Crippen molar-refractivity contribution in [2.24, 2.45) is 5.92 Å². The molecular weight excluding hydrogens is 611 g/mol. The summed E-state index contributed by atoms with van der Waals surface area (Å²) in [4.78, 5) is 68.5. The molecule has 0 unspecified atom stereocenters. The summed E-state index contributed by atoms with van der Waals surface area (Å²) in [5.74, 6) is -0.213. The number of fused-ring (bicyclic) bond motifs is 2. The van der Waals surface area contributed by atoms with E-state index in [1.165, 1.54) is 22.5 Å². The molecule has 2 aromatic heterocycles. The highest BCUT2D eigenvalue weighted by molar-refractivity contribution is 7.50. The minimum Gasteiger partial charge on any atom is -0.340 e. The molecule has 10 nitrogen and oxygen atoms in total. The third kappa shape index (κ3) is 6.63. The highest BCUT2D eigenvalue weighted by Gasteiger charge is 2.48. The monoisotopic (exact) mass is 650 g/mol. The number of rotatable bonds is 8. The molecule has 3 fully saturated rings. The van der Waals surface area contributed by atoms with Crippen LogP contribution in [0.1, 0.15) is 71.3 Å². The fraction of sp³-hybridized carbons (Fsp3) is 0.455. The van der Waals surface area contributed by atoms with Gasteiger partial charge in [0.15, 0.2) is 0 Å². The van der Waals surface area contributed by atoms with Crippen molar-refractivity contribution in [2.75, 3.05) is 13.1 Å². The molecule has 3 amide bonds. The summed E-state index contributed by atoms with van der Waals surface area (Å²) in [7, 11) is -4.23. The first kappa shape index (κ1) is 31.6. The number of carbonyl (C=O) groups is 3. The van der Waals surface area contributed by atoms with Crippen LogP contribution in [-0.4, -0.2) is 73.5 Å². The van der Waals surface area contributed by atoms with E-state index in [0.717, 1.165) is 24.0 Å². The number of nitrogens with one attached hydrogen (secondary N) is 1. The third-order valence-corrected chi connectivity index (χ3v) is 11.4. The molecule has 3 aliphatic heterocycles. The maximum Gasteiger partial charge on any atom is 0.329 e. The summed E-state index contributed by atoms with van der Waals surface area (Å²) in [5.41, 5.74) is 2.92. The molecular formula is C33H39N4O6PS. The van der Waals surface area contributed by atoms with Crippen molar-refractivity contribution in [1.82, 2.24) is 20.1 Å². The molecule has 5 heterocycles. The minimum absolute atomic E-state index is 0.0274. The van der Waals surface area contributed by atoms with Gasteiger partial charge < -0.3 is 24.9 Å². The van der Waals surface area contributed by atoms with Crippen molar-refractivity contribution in [1.29, 1.82) is 0 Å². The van der Waals surface area contributed by atoms with E-state index in [2.05, 4.69) is 23.8 Å². The average molecular weight is 651 g/mol. The summed E-state index contributed by atoms with van der Waals surface area (Å²) in [6, 6.07) is 7.38. The Kier molecular flexibility index (Phi) is 8.98. The molecule has 0 spiro atoms. The van der Waals surface area contributed by atoms with E-state index in [9.17, 15) is 28.7 Å². The average Bonchev–Trinajstić information content (AvgIpc) is 3.60. The highest BCUT2D eigenvalue weighted by Crippen LogP contribution is 2.40. The molecule has 4 atom stereocenters. The first-order valence-corrected chi connectivity index (χ1v) is 18.2. The smallest absolute Gasteiger partial charge is 0.329 e. The van der Waals surface area contributed by atoms with Crippen LogP contribution in [0.5, 0.6) is 0 Å². The number of pyridine rings is 1. The highest BCUT2D eigenvalue weighted by atomic mass is 32.1. The van der Waals surface area contributed by atoms with Crippen LogP contribution in [-0.2, 0) is 26.7 Å². The van der Waals surface area contributed by atoms with Crippen molar-refractivity contribution >= 4 is 46.7 Å². The molecule has 6 rings (SSSR count). The summed E-state index contributed by atoms with van der Waals surface area (Å²) in [5, 5.41) is 3.68. The van der Waals surface area contributed by atoms with E-state index in [4.69, 9.17) is 0 Å². The van der Waals surface area contributed by atoms with Gasteiger partial charge in [-0.15, -0.1) is 17.9 Å². The number of thiophene rings is 1. The van der Waals surface area contributed by atoms with Gasteiger partial charge in [-0.2, -0.15) is 0 Å². The lowest BCUT2D eigenvalue weighted by Crippen LogP contribution is -2.60. The lowest BCUT2D eigenvalue weighted by atomic mass is 9.88. The van der Waals surface area contributed by atoms with Gasteiger partial charge in [0.05, 0.1) is 11.0 Å². The van der Waals surface area contributed by atoms with Gasteiger partial charge in [-0.25, -0.2) is 0 Å². The molecule has 0 radical (unpaired) electrons. The summed E-state index contributed by atoms with van der Waals surface area (Å²) >= 11 is 1.26. The van der Waals surface area contributed by atoms with Crippen LogP contribution in [0.2, 0.25) is 0 Å². The number of allylic oxidation sites excluding steroid dienone is 1. The van der Waals surface area contributed by atoms with Gasteiger partial charge in [0.25, 0.3) is 5.91 Å². The summed E-state index contributed by atoms with van der Waals surface area (Å²) < 4.78 is 12.3. The third-order valence-electron chi connectivity index (χ3n) is 9.53. The second-order valence-corrected chi connectivity index (χ2v) is 15.2. The Balaban J connectivity index is 1.18. The topological polar surface area (TPSA) is 140 Å². The van der Waals surface area contributed by atoms with Crippen LogP contribution < -0.4 is 5.32 Å². The Bertz CT molecular complexity index is 1680. The second-order valence-electron chi connectivity index (χ2n) is 12.5. The van der Waals surface area contributed by atoms with Crippen molar-refractivity contribution in [2.45, 2.75) is 75.7 Å². The lowest BCUT2D eigenvalue weighted by Gasteiger charge is -2.44. The molecule has 3 aromatic rings. The standard InChI is InChI=1S/C33H39N4O6PS/c1-3-20-5-8-27(35-31(38)30-15-23-13-21(19-44(41,42)43)6-10-29(23)45-30)32(39)37-25(14-20)7-9-28(37)33(40)36-17-24(18-36)26-16-34-12-11-22(26)4-2/h3,6,10-13,15-16,20,24-25,27-28H,1,4-5,7-9,14,17-19H2,2H3,(H,35,38)(H2,41,42,43)/t20-,25-,27+,28+/m1/s1. The maximum atomic E-state index is 14.1. The summed E-state index contributed by atoms with van der Waals surface area (Å²) in [6.45, 7) is 7.35. The zero-order chi connectivity index (χ0) is 31.9. The van der Waals surface area contributed by atoms with Gasteiger partial charge in [-0.05, 0) is 90.8 Å². The van der Waals surface area contributed by atoms with Crippen molar-refractivity contribution < 1.29 is 28.7 Å². The second kappa shape index (κ2) is 12.8. The molecule has 3 N–H and O–H groups in total. The Morgan fingerprint density at radius 3 is 2.69 bits per heavy atom. The van der Waals surface area contributed by atoms with Gasteiger partial charge in [0.2, 0.25) is 11.8 Å². The molecule has 1 aromatic carbocycles. The SMILES string of the molecule is C=C[C@@H]1CC[C@H](NC(=O)c2cc3cc(CP(=O)(O)O)ccc3s2)C(=O)N2[C@H](CC[C@H]2C(=O)N2CC(c3cnccc3CC)C2)C1. The van der Waals surface area contributed by atoms with Crippen molar-refractivity contribution in [3.63, 3.8) is 0 Å². The van der Waals surface area contributed by atoms with Crippen LogP contribution in [0.3, 0.4) is 0 Å². The first-order valence-electron chi connectivity index (χ1n) is 15.6. The Hall–Kier alpha value is -3.37. The van der Waals surface area contributed by atoms with Crippen molar-refractivity contribution in [3.05, 3.63) is 76.9 Å².